The maximum absolute atomic E-state index is 11.7. The smallest absolute Gasteiger partial charge is 0.226 e. The Morgan fingerprint density at radius 1 is 1.33 bits per heavy atom. The van der Waals surface area contributed by atoms with Gasteiger partial charge < -0.3 is 5.32 Å². The van der Waals surface area contributed by atoms with Crippen molar-refractivity contribution in [1.82, 2.24) is 4.98 Å². The number of hydrogen-bond donors (Lipinski definition) is 1. The molecule has 0 unspecified atom stereocenters. The molecule has 1 N–H and O–H groups in total. The Kier molecular flexibility index (Phi) is 3.97. The first-order valence-electron chi connectivity index (χ1n) is 6.28. The number of fused-ring (bicyclic) bond motifs is 1. The van der Waals surface area contributed by atoms with Crippen LogP contribution in [0.3, 0.4) is 0 Å². The van der Waals surface area contributed by atoms with Gasteiger partial charge in [-0.15, -0.1) is 0 Å². The Morgan fingerprint density at radius 3 is 2.72 bits per heavy atom. The summed E-state index contributed by atoms with van der Waals surface area (Å²) in [6, 6.07) is 4.17. The molecule has 2 rings (SSSR count). The highest BCUT2D eigenvalue weighted by Gasteiger charge is 2.10. The molecule has 0 aliphatic rings. The van der Waals surface area contributed by atoms with Gasteiger partial charge in [-0.3, -0.25) is 4.79 Å². The van der Waals surface area contributed by atoms with Crippen LogP contribution in [0.15, 0.2) is 12.1 Å². The van der Waals surface area contributed by atoms with E-state index >= 15 is 0 Å². The van der Waals surface area contributed by atoms with E-state index in [1.165, 1.54) is 10.3 Å². The van der Waals surface area contributed by atoms with E-state index in [-0.39, 0.29) is 5.91 Å². The van der Waals surface area contributed by atoms with Crippen molar-refractivity contribution < 1.29 is 4.79 Å². The Hall–Kier alpha value is -1.42. The van der Waals surface area contributed by atoms with Gasteiger partial charge in [0.15, 0.2) is 5.13 Å². The number of unbranched alkanes of at least 4 members (excludes halogenated alkanes) is 1. The van der Waals surface area contributed by atoms with Gasteiger partial charge in [0.05, 0.1) is 10.2 Å². The zero-order valence-electron chi connectivity index (χ0n) is 11.0. The first kappa shape index (κ1) is 13.0. The highest BCUT2D eigenvalue weighted by molar-refractivity contribution is 7.22. The number of amides is 1. The molecule has 0 aliphatic carbocycles. The molecule has 1 heterocycles. The Labute approximate surface area is 111 Å². The minimum atomic E-state index is 0.0613. The molecule has 18 heavy (non-hydrogen) atoms. The second kappa shape index (κ2) is 5.48. The predicted molar refractivity (Wildman–Crippen MR) is 77.2 cm³/mol. The molecule has 1 aromatic heterocycles. The van der Waals surface area contributed by atoms with Crippen LogP contribution in [0.2, 0.25) is 0 Å². The van der Waals surface area contributed by atoms with Crippen molar-refractivity contribution in [2.75, 3.05) is 5.32 Å². The zero-order chi connectivity index (χ0) is 13.1. The van der Waals surface area contributed by atoms with Gasteiger partial charge in [0.1, 0.15) is 0 Å². The van der Waals surface area contributed by atoms with E-state index in [2.05, 4.69) is 36.3 Å². The van der Waals surface area contributed by atoms with Crippen LogP contribution in [0.1, 0.15) is 37.3 Å². The van der Waals surface area contributed by atoms with Gasteiger partial charge in [-0.2, -0.15) is 0 Å². The third-order valence-corrected chi connectivity index (χ3v) is 4.05. The van der Waals surface area contributed by atoms with Crippen molar-refractivity contribution in [1.29, 1.82) is 0 Å². The number of anilines is 1. The summed E-state index contributed by atoms with van der Waals surface area (Å²) in [5.74, 6) is 0.0613. The number of rotatable bonds is 4. The second-order valence-corrected chi connectivity index (χ2v) is 5.55. The van der Waals surface area contributed by atoms with Crippen LogP contribution in [0.4, 0.5) is 5.13 Å². The van der Waals surface area contributed by atoms with Crippen LogP contribution in [-0.4, -0.2) is 10.9 Å². The number of carbonyl (C=O) groups excluding carboxylic acids is 1. The minimum Gasteiger partial charge on any atom is -0.302 e. The van der Waals surface area contributed by atoms with Crippen molar-refractivity contribution in [3.63, 3.8) is 0 Å². The van der Waals surface area contributed by atoms with Crippen molar-refractivity contribution in [2.24, 2.45) is 0 Å². The number of benzene rings is 1. The zero-order valence-corrected chi connectivity index (χ0v) is 11.9. The average Bonchev–Trinajstić information content (AvgIpc) is 2.76. The lowest BCUT2D eigenvalue weighted by Crippen LogP contribution is -2.10. The van der Waals surface area contributed by atoms with Gasteiger partial charge in [0.25, 0.3) is 0 Å². The summed E-state index contributed by atoms with van der Waals surface area (Å²) in [7, 11) is 0. The van der Waals surface area contributed by atoms with Gasteiger partial charge >= 0.3 is 0 Å². The molecule has 3 nitrogen and oxygen atoms in total. The van der Waals surface area contributed by atoms with Crippen LogP contribution in [0.5, 0.6) is 0 Å². The monoisotopic (exact) mass is 262 g/mol. The van der Waals surface area contributed by atoms with Gasteiger partial charge in [-0.05, 0) is 31.4 Å². The van der Waals surface area contributed by atoms with E-state index in [9.17, 15) is 4.79 Å². The summed E-state index contributed by atoms with van der Waals surface area (Å²) < 4.78 is 1.17. The largest absolute Gasteiger partial charge is 0.302 e. The lowest BCUT2D eigenvalue weighted by molar-refractivity contribution is -0.116. The van der Waals surface area contributed by atoms with Crippen molar-refractivity contribution in [3.05, 3.63) is 23.3 Å². The Balaban J connectivity index is 2.23. The molecule has 0 spiro atoms. The lowest BCUT2D eigenvalue weighted by atomic mass is 10.1. The number of aryl methyl sites for hydroxylation is 2. The summed E-state index contributed by atoms with van der Waals surface area (Å²) >= 11 is 1.56. The van der Waals surface area contributed by atoms with E-state index in [1.807, 2.05) is 6.92 Å². The van der Waals surface area contributed by atoms with Gasteiger partial charge in [-0.25, -0.2) is 4.98 Å². The summed E-state index contributed by atoms with van der Waals surface area (Å²) in [4.78, 5) is 16.2. The molecule has 4 heteroatoms. The molecule has 0 fully saturated rings. The van der Waals surface area contributed by atoms with Crippen LogP contribution in [-0.2, 0) is 4.79 Å². The molecular formula is C14H18N2OS. The fraction of sp³-hybridized carbons (Fsp3) is 0.429. The number of hydrogen-bond acceptors (Lipinski definition) is 3. The number of nitrogens with zero attached hydrogens (tertiary/aromatic N) is 1. The topological polar surface area (TPSA) is 42.0 Å². The molecule has 0 aliphatic heterocycles. The Morgan fingerprint density at radius 2 is 2.06 bits per heavy atom. The summed E-state index contributed by atoms with van der Waals surface area (Å²) in [5, 5.41) is 3.60. The normalized spacial score (nSPS) is 10.8. The van der Waals surface area contributed by atoms with Crippen molar-refractivity contribution in [2.45, 2.75) is 40.0 Å². The first-order chi connectivity index (χ1) is 8.61. The summed E-state index contributed by atoms with van der Waals surface area (Å²) in [5.41, 5.74) is 3.37. The molecule has 1 aromatic carbocycles. The molecule has 0 saturated heterocycles. The van der Waals surface area contributed by atoms with Gasteiger partial charge in [0.2, 0.25) is 5.91 Å². The molecule has 96 valence electrons. The highest BCUT2D eigenvalue weighted by Crippen LogP contribution is 2.30. The van der Waals surface area contributed by atoms with E-state index in [0.29, 0.717) is 11.6 Å². The molecule has 0 atom stereocenters. The average molecular weight is 262 g/mol. The van der Waals surface area contributed by atoms with E-state index in [1.54, 1.807) is 11.3 Å². The molecule has 0 bridgehead atoms. The van der Waals surface area contributed by atoms with Crippen LogP contribution in [0.25, 0.3) is 10.2 Å². The molecule has 0 saturated carbocycles. The van der Waals surface area contributed by atoms with Crippen molar-refractivity contribution >= 4 is 32.6 Å². The number of aromatic nitrogens is 1. The molecule has 0 radical (unpaired) electrons. The lowest BCUT2D eigenvalue weighted by Gasteiger charge is -1.99. The van der Waals surface area contributed by atoms with Crippen molar-refractivity contribution in [3.8, 4) is 0 Å². The summed E-state index contributed by atoms with van der Waals surface area (Å²) in [6.07, 6.45) is 2.53. The minimum absolute atomic E-state index is 0.0613. The molecule has 1 amide bonds. The predicted octanol–water partition coefficient (Wildman–Crippen LogP) is 4.04. The maximum atomic E-state index is 11.7. The SMILES string of the molecule is CCCCC(=O)Nc1nc2c(C)ccc(C)c2s1. The molecule has 2 aromatic rings. The van der Waals surface area contributed by atoms with E-state index < -0.39 is 0 Å². The summed E-state index contributed by atoms with van der Waals surface area (Å²) in [6.45, 7) is 6.20. The highest BCUT2D eigenvalue weighted by atomic mass is 32.1. The van der Waals surface area contributed by atoms with Crippen LogP contribution in [0, 0.1) is 13.8 Å². The third-order valence-electron chi connectivity index (χ3n) is 2.95. The number of thiazole rings is 1. The second-order valence-electron chi connectivity index (χ2n) is 4.55. The maximum Gasteiger partial charge on any atom is 0.226 e. The molecular weight excluding hydrogens is 244 g/mol. The fourth-order valence-corrected chi connectivity index (χ4v) is 2.86. The Bertz CT molecular complexity index is 535. The van der Waals surface area contributed by atoms with E-state index in [0.717, 1.165) is 23.9 Å². The van der Waals surface area contributed by atoms with E-state index in [4.69, 9.17) is 0 Å². The number of carbonyl (C=O) groups is 1. The van der Waals surface area contributed by atoms with Crippen LogP contribution >= 0.6 is 11.3 Å². The van der Waals surface area contributed by atoms with Gasteiger partial charge in [-0.1, -0.05) is 36.8 Å². The number of nitrogens with one attached hydrogen (secondary N) is 1. The van der Waals surface area contributed by atoms with Crippen LogP contribution < -0.4 is 5.32 Å². The third kappa shape index (κ3) is 2.70. The fourth-order valence-electron chi connectivity index (χ4n) is 1.83. The first-order valence-corrected chi connectivity index (χ1v) is 7.10. The standard InChI is InChI=1S/C14H18N2OS/c1-4-5-6-11(17)15-14-16-12-9(2)7-8-10(3)13(12)18-14/h7-8H,4-6H2,1-3H3,(H,15,16,17). The quantitative estimate of drug-likeness (QED) is 0.903. The van der Waals surface area contributed by atoms with Gasteiger partial charge in [0, 0.05) is 6.42 Å².